The van der Waals surface area contributed by atoms with Crippen LogP contribution in [-0.2, 0) is 17.9 Å². The van der Waals surface area contributed by atoms with Crippen LogP contribution in [0.25, 0.3) is 0 Å². The van der Waals surface area contributed by atoms with Crippen LogP contribution in [0, 0.1) is 5.41 Å². The largest absolute Gasteiger partial charge is 0.399 e. The molecule has 5 heteroatoms. The molecular weight excluding hydrogens is 300 g/mol. The SMILES string of the molecule is CC(C)(C)C(=O)NCc1ccc(N)cc1.NCc1ccc(N)cc1. The molecule has 24 heavy (non-hydrogen) atoms. The molecule has 0 aliphatic carbocycles. The van der Waals surface area contributed by atoms with Gasteiger partial charge < -0.3 is 22.5 Å². The molecule has 2 aromatic carbocycles. The number of hydrogen-bond acceptors (Lipinski definition) is 4. The minimum absolute atomic E-state index is 0.0549. The molecule has 0 radical (unpaired) electrons. The lowest BCUT2D eigenvalue weighted by Crippen LogP contribution is -2.34. The molecule has 1 amide bonds. The third kappa shape index (κ3) is 7.15. The van der Waals surface area contributed by atoms with E-state index in [2.05, 4.69) is 5.32 Å². The molecule has 0 bridgehead atoms. The van der Waals surface area contributed by atoms with E-state index in [1.807, 2.05) is 69.3 Å². The number of benzene rings is 2. The molecule has 7 N–H and O–H groups in total. The Bertz CT molecular complexity index is 628. The van der Waals surface area contributed by atoms with Crippen molar-refractivity contribution in [2.24, 2.45) is 11.1 Å². The van der Waals surface area contributed by atoms with E-state index in [-0.39, 0.29) is 11.3 Å². The number of amides is 1. The molecule has 0 aromatic heterocycles. The Balaban J connectivity index is 0.000000272. The predicted molar refractivity (Wildman–Crippen MR) is 101 cm³/mol. The van der Waals surface area contributed by atoms with Crippen LogP contribution >= 0.6 is 0 Å². The fourth-order valence-corrected chi connectivity index (χ4v) is 1.74. The molecule has 0 aliphatic heterocycles. The topological polar surface area (TPSA) is 107 Å². The van der Waals surface area contributed by atoms with Gasteiger partial charge in [-0.2, -0.15) is 0 Å². The van der Waals surface area contributed by atoms with Gasteiger partial charge in [0.05, 0.1) is 0 Å². The second-order valence-corrected chi connectivity index (χ2v) is 6.62. The summed E-state index contributed by atoms with van der Waals surface area (Å²) in [5.41, 5.74) is 19.7. The van der Waals surface area contributed by atoms with Crippen molar-refractivity contribution in [1.29, 1.82) is 0 Å². The minimum Gasteiger partial charge on any atom is -0.399 e. The molecule has 0 unspecified atom stereocenters. The van der Waals surface area contributed by atoms with Gasteiger partial charge in [0.15, 0.2) is 0 Å². The van der Waals surface area contributed by atoms with Crippen LogP contribution in [0.1, 0.15) is 31.9 Å². The molecule has 130 valence electrons. The number of nitrogens with two attached hydrogens (primary N) is 3. The number of hydrogen-bond donors (Lipinski definition) is 4. The summed E-state index contributed by atoms with van der Waals surface area (Å²) in [5.74, 6) is 0.0549. The number of rotatable bonds is 3. The highest BCUT2D eigenvalue weighted by molar-refractivity contribution is 5.81. The van der Waals surface area contributed by atoms with Crippen LogP contribution in [0.15, 0.2) is 48.5 Å². The molecule has 2 aromatic rings. The van der Waals surface area contributed by atoms with E-state index < -0.39 is 0 Å². The second-order valence-electron chi connectivity index (χ2n) is 6.62. The first-order valence-corrected chi connectivity index (χ1v) is 7.89. The molecule has 0 saturated carbocycles. The van der Waals surface area contributed by atoms with Gasteiger partial charge in [0.1, 0.15) is 0 Å². The summed E-state index contributed by atoms with van der Waals surface area (Å²) in [6.07, 6.45) is 0. The van der Waals surface area contributed by atoms with Gasteiger partial charge in [0.25, 0.3) is 0 Å². The quantitative estimate of drug-likeness (QED) is 0.650. The van der Waals surface area contributed by atoms with E-state index in [1.54, 1.807) is 0 Å². The van der Waals surface area contributed by atoms with Crippen molar-refractivity contribution in [1.82, 2.24) is 5.32 Å². The first kappa shape index (κ1) is 19.5. The van der Waals surface area contributed by atoms with Gasteiger partial charge in [0, 0.05) is 29.9 Å². The maximum atomic E-state index is 11.6. The highest BCUT2D eigenvalue weighted by Crippen LogP contribution is 2.13. The zero-order valence-corrected chi connectivity index (χ0v) is 14.7. The third-order valence-electron chi connectivity index (χ3n) is 3.33. The summed E-state index contributed by atoms with van der Waals surface area (Å²) in [6.45, 7) is 6.82. The van der Waals surface area contributed by atoms with E-state index in [1.165, 1.54) is 0 Å². The lowest BCUT2D eigenvalue weighted by Gasteiger charge is -2.17. The average molecular weight is 328 g/mol. The monoisotopic (exact) mass is 328 g/mol. The van der Waals surface area contributed by atoms with Gasteiger partial charge in [0.2, 0.25) is 5.91 Å². The van der Waals surface area contributed by atoms with E-state index in [0.29, 0.717) is 13.1 Å². The normalized spacial score (nSPS) is 10.5. The van der Waals surface area contributed by atoms with Crippen LogP contribution in [0.5, 0.6) is 0 Å². The summed E-state index contributed by atoms with van der Waals surface area (Å²) in [6, 6.07) is 15.0. The molecule has 2 rings (SSSR count). The van der Waals surface area contributed by atoms with Crippen molar-refractivity contribution in [3.8, 4) is 0 Å². The van der Waals surface area contributed by atoms with Crippen LogP contribution in [0.3, 0.4) is 0 Å². The maximum absolute atomic E-state index is 11.6. The smallest absolute Gasteiger partial charge is 0.225 e. The van der Waals surface area contributed by atoms with Crippen molar-refractivity contribution >= 4 is 17.3 Å². The summed E-state index contributed by atoms with van der Waals surface area (Å²) < 4.78 is 0. The third-order valence-corrected chi connectivity index (χ3v) is 3.33. The lowest BCUT2D eigenvalue weighted by atomic mass is 9.95. The highest BCUT2D eigenvalue weighted by Gasteiger charge is 2.20. The Labute approximate surface area is 144 Å². The molecule has 0 aliphatic rings. The number of nitrogens with one attached hydrogen (secondary N) is 1. The summed E-state index contributed by atoms with van der Waals surface area (Å²) in [7, 11) is 0. The van der Waals surface area contributed by atoms with Gasteiger partial charge in [-0.25, -0.2) is 0 Å². The highest BCUT2D eigenvalue weighted by atomic mass is 16.2. The summed E-state index contributed by atoms with van der Waals surface area (Å²) in [4.78, 5) is 11.6. The molecular formula is C19H28N4O. The van der Waals surface area contributed by atoms with Gasteiger partial charge in [-0.1, -0.05) is 45.0 Å². The van der Waals surface area contributed by atoms with Crippen molar-refractivity contribution in [3.63, 3.8) is 0 Å². The molecule has 0 heterocycles. The lowest BCUT2D eigenvalue weighted by molar-refractivity contribution is -0.128. The average Bonchev–Trinajstić information content (AvgIpc) is 2.54. The fraction of sp³-hybridized carbons (Fsp3) is 0.316. The first-order valence-electron chi connectivity index (χ1n) is 7.89. The van der Waals surface area contributed by atoms with Gasteiger partial charge in [-0.3, -0.25) is 4.79 Å². The Morgan fingerprint density at radius 1 is 0.875 bits per heavy atom. The number of anilines is 2. The Hall–Kier alpha value is -2.53. The Morgan fingerprint density at radius 3 is 1.67 bits per heavy atom. The molecule has 0 saturated heterocycles. The second kappa shape index (κ2) is 8.93. The number of nitrogen functional groups attached to an aromatic ring is 2. The fourth-order valence-electron chi connectivity index (χ4n) is 1.74. The van der Waals surface area contributed by atoms with Crippen molar-refractivity contribution in [3.05, 3.63) is 59.7 Å². The summed E-state index contributed by atoms with van der Waals surface area (Å²) >= 11 is 0. The van der Waals surface area contributed by atoms with Crippen molar-refractivity contribution in [2.45, 2.75) is 33.9 Å². The minimum atomic E-state index is -0.339. The first-order chi connectivity index (χ1) is 11.2. The number of carbonyl (C=O) groups excluding carboxylic acids is 1. The van der Waals surface area contributed by atoms with Crippen LogP contribution < -0.4 is 22.5 Å². The van der Waals surface area contributed by atoms with Crippen LogP contribution in [0.2, 0.25) is 0 Å². The molecule has 0 atom stereocenters. The maximum Gasteiger partial charge on any atom is 0.225 e. The van der Waals surface area contributed by atoms with E-state index >= 15 is 0 Å². The van der Waals surface area contributed by atoms with Gasteiger partial charge in [-0.05, 0) is 35.4 Å². The Kier molecular flexibility index (Phi) is 7.27. The van der Waals surface area contributed by atoms with E-state index in [0.717, 1.165) is 22.5 Å². The Morgan fingerprint density at radius 2 is 1.29 bits per heavy atom. The zero-order chi connectivity index (χ0) is 18.2. The van der Waals surface area contributed by atoms with Crippen molar-refractivity contribution in [2.75, 3.05) is 11.5 Å². The molecule has 5 nitrogen and oxygen atoms in total. The van der Waals surface area contributed by atoms with E-state index in [4.69, 9.17) is 17.2 Å². The number of carbonyl (C=O) groups is 1. The molecule has 0 spiro atoms. The zero-order valence-electron chi connectivity index (χ0n) is 14.7. The van der Waals surface area contributed by atoms with E-state index in [9.17, 15) is 4.79 Å². The standard InChI is InChI=1S/C12H18N2O.C7H10N2/c1-12(2,3)11(15)14-8-9-4-6-10(13)7-5-9;8-5-6-1-3-7(9)4-2-6/h4-7H,8,13H2,1-3H3,(H,14,15);1-4H,5,8-9H2. The summed E-state index contributed by atoms with van der Waals surface area (Å²) in [5, 5.41) is 2.88. The predicted octanol–water partition coefficient (Wildman–Crippen LogP) is 2.66. The molecule has 0 fully saturated rings. The van der Waals surface area contributed by atoms with Crippen LogP contribution in [-0.4, -0.2) is 5.91 Å². The van der Waals surface area contributed by atoms with Gasteiger partial charge in [-0.15, -0.1) is 0 Å². The van der Waals surface area contributed by atoms with Crippen molar-refractivity contribution < 1.29 is 4.79 Å². The van der Waals surface area contributed by atoms with Gasteiger partial charge >= 0.3 is 0 Å². The van der Waals surface area contributed by atoms with Crippen LogP contribution in [0.4, 0.5) is 11.4 Å².